The van der Waals surface area contributed by atoms with Gasteiger partial charge in [-0.1, -0.05) is 12.1 Å². The number of hydrogen-bond acceptors (Lipinski definition) is 4. The Bertz CT molecular complexity index is 637. The monoisotopic (exact) mass is 283 g/mol. The first-order chi connectivity index (χ1) is 8.85. The Morgan fingerprint density at radius 1 is 1.37 bits per heavy atom. The maximum Gasteiger partial charge on any atom is 0.303 e. The summed E-state index contributed by atoms with van der Waals surface area (Å²) < 4.78 is 25.4. The lowest BCUT2D eigenvalue weighted by molar-refractivity contribution is -0.137. The Balaban J connectivity index is 2.47. The Hall–Kier alpha value is -1.73. The van der Waals surface area contributed by atoms with Gasteiger partial charge >= 0.3 is 5.97 Å². The fraction of sp³-hybridized carbons (Fsp3) is 0.333. The van der Waals surface area contributed by atoms with E-state index in [0.29, 0.717) is 0 Å². The molecule has 1 aromatic carbocycles. The molecule has 1 aliphatic rings. The minimum Gasteiger partial charge on any atom is -0.481 e. The van der Waals surface area contributed by atoms with E-state index < -0.39 is 22.0 Å². The van der Waals surface area contributed by atoms with Crippen LogP contribution >= 0.6 is 0 Å². The van der Waals surface area contributed by atoms with Crippen LogP contribution in [-0.2, 0) is 14.8 Å². The first-order valence-electron chi connectivity index (χ1n) is 5.69. The standard InChI is InChI=1S/C12H13NO5S/c1-13-9(6-7-11(14)15)12(16)8-4-2-3-5-10(8)19(13,17)18/h2-5,9H,6-7H2,1H3,(H,14,15). The molecule has 0 fully saturated rings. The number of rotatable bonds is 3. The molecule has 1 atom stereocenters. The average Bonchev–Trinajstić information content (AvgIpc) is 2.36. The summed E-state index contributed by atoms with van der Waals surface area (Å²) in [6.45, 7) is 0. The van der Waals surface area contributed by atoms with Crippen LogP contribution in [0.4, 0.5) is 0 Å². The lowest BCUT2D eigenvalue weighted by atomic mass is 10.00. The van der Waals surface area contributed by atoms with Gasteiger partial charge in [0.05, 0.1) is 10.9 Å². The Morgan fingerprint density at radius 2 is 2.00 bits per heavy atom. The molecule has 2 rings (SSSR count). The molecule has 0 aromatic heterocycles. The summed E-state index contributed by atoms with van der Waals surface area (Å²) in [4.78, 5) is 22.8. The van der Waals surface area contributed by atoms with Crippen LogP contribution in [0.1, 0.15) is 23.2 Å². The molecular weight excluding hydrogens is 270 g/mol. The van der Waals surface area contributed by atoms with Crippen LogP contribution in [0.5, 0.6) is 0 Å². The molecule has 0 bridgehead atoms. The topological polar surface area (TPSA) is 91.8 Å². The molecular formula is C12H13NO5S. The summed E-state index contributed by atoms with van der Waals surface area (Å²) in [6.07, 6.45) is -0.281. The number of carboxylic acids is 1. The van der Waals surface area contributed by atoms with Gasteiger partial charge in [-0.05, 0) is 18.6 Å². The third-order valence-electron chi connectivity index (χ3n) is 3.18. The summed E-state index contributed by atoms with van der Waals surface area (Å²) in [6, 6.07) is 5.03. The van der Waals surface area contributed by atoms with Crippen molar-refractivity contribution in [2.75, 3.05) is 7.05 Å². The highest BCUT2D eigenvalue weighted by atomic mass is 32.2. The van der Waals surface area contributed by atoms with E-state index in [0.717, 1.165) is 4.31 Å². The van der Waals surface area contributed by atoms with Gasteiger partial charge in [-0.15, -0.1) is 0 Å². The molecule has 6 nitrogen and oxygen atoms in total. The van der Waals surface area contributed by atoms with Gasteiger partial charge in [0.15, 0.2) is 5.78 Å². The number of carbonyl (C=O) groups excluding carboxylic acids is 1. The highest BCUT2D eigenvalue weighted by Crippen LogP contribution is 2.30. The molecule has 0 saturated heterocycles. The van der Waals surface area contributed by atoms with Gasteiger partial charge in [-0.3, -0.25) is 9.59 Å². The molecule has 0 saturated carbocycles. The van der Waals surface area contributed by atoms with E-state index in [4.69, 9.17) is 5.11 Å². The minimum atomic E-state index is -3.73. The number of nitrogens with zero attached hydrogens (tertiary/aromatic N) is 1. The molecule has 0 radical (unpaired) electrons. The zero-order valence-electron chi connectivity index (χ0n) is 10.2. The number of ketones is 1. The van der Waals surface area contributed by atoms with Gasteiger partial charge in [-0.2, -0.15) is 4.31 Å². The van der Waals surface area contributed by atoms with E-state index in [2.05, 4.69) is 0 Å². The van der Waals surface area contributed by atoms with Gasteiger partial charge in [0.1, 0.15) is 0 Å². The molecule has 1 N–H and O–H groups in total. The fourth-order valence-electron chi connectivity index (χ4n) is 2.14. The zero-order chi connectivity index (χ0) is 14.2. The van der Waals surface area contributed by atoms with E-state index in [1.54, 1.807) is 12.1 Å². The third-order valence-corrected chi connectivity index (χ3v) is 5.11. The Kier molecular flexibility index (Phi) is 3.42. The van der Waals surface area contributed by atoms with Crippen LogP contribution in [0.3, 0.4) is 0 Å². The predicted octanol–water partition coefficient (Wildman–Crippen LogP) is 0.737. The van der Waals surface area contributed by atoms with Crippen molar-refractivity contribution in [2.45, 2.75) is 23.8 Å². The van der Waals surface area contributed by atoms with E-state index in [9.17, 15) is 18.0 Å². The molecule has 19 heavy (non-hydrogen) atoms. The van der Waals surface area contributed by atoms with Gasteiger partial charge in [0.2, 0.25) is 10.0 Å². The number of benzene rings is 1. The predicted molar refractivity (Wildman–Crippen MR) is 66.4 cm³/mol. The minimum absolute atomic E-state index is 0.0194. The van der Waals surface area contributed by atoms with Crippen LogP contribution in [0.15, 0.2) is 29.2 Å². The molecule has 0 amide bonds. The van der Waals surface area contributed by atoms with Crippen molar-refractivity contribution in [3.8, 4) is 0 Å². The van der Waals surface area contributed by atoms with E-state index in [1.807, 2.05) is 0 Å². The molecule has 102 valence electrons. The van der Waals surface area contributed by atoms with E-state index in [1.165, 1.54) is 19.2 Å². The maximum absolute atomic E-state index is 12.2. The molecule has 7 heteroatoms. The zero-order valence-corrected chi connectivity index (χ0v) is 11.1. The average molecular weight is 283 g/mol. The van der Waals surface area contributed by atoms with Crippen LogP contribution < -0.4 is 0 Å². The number of carbonyl (C=O) groups is 2. The fourth-order valence-corrected chi connectivity index (χ4v) is 3.68. The number of likely N-dealkylation sites (N-methyl/N-ethyl adjacent to an activating group) is 1. The number of carboxylic acid groups (broad SMARTS) is 1. The van der Waals surface area contributed by atoms with Crippen LogP contribution in [-0.4, -0.2) is 42.7 Å². The van der Waals surface area contributed by atoms with Crippen LogP contribution in [0.25, 0.3) is 0 Å². The Labute approximate surface area is 110 Å². The molecule has 0 spiro atoms. The number of hydrogen-bond donors (Lipinski definition) is 1. The van der Waals surface area contributed by atoms with Crippen molar-refractivity contribution >= 4 is 21.8 Å². The molecule has 1 aliphatic heterocycles. The first kappa shape index (κ1) is 13.7. The van der Waals surface area contributed by atoms with Gasteiger partial charge < -0.3 is 5.11 Å². The Morgan fingerprint density at radius 3 is 2.63 bits per heavy atom. The normalized spacial score (nSPS) is 21.9. The third kappa shape index (κ3) is 2.26. The largest absolute Gasteiger partial charge is 0.481 e. The molecule has 0 aliphatic carbocycles. The van der Waals surface area contributed by atoms with Crippen molar-refractivity contribution in [3.05, 3.63) is 29.8 Å². The lowest BCUT2D eigenvalue weighted by Crippen LogP contribution is -2.47. The van der Waals surface area contributed by atoms with Crippen molar-refractivity contribution < 1.29 is 23.1 Å². The first-order valence-corrected chi connectivity index (χ1v) is 7.13. The summed E-state index contributed by atoms with van der Waals surface area (Å²) >= 11 is 0. The lowest BCUT2D eigenvalue weighted by Gasteiger charge is -2.31. The number of fused-ring (bicyclic) bond motifs is 1. The van der Waals surface area contributed by atoms with Gasteiger partial charge in [0, 0.05) is 19.0 Å². The molecule has 1 aromatic rings. The van der Waals surface area contributed by atoms with Crippen molar-refractivity contribution in [1.29, 1.82) is 0 Å². The van der Waals surface area contributed by atoms with E-state index in [-0.39, 0.29) is 29.1 Å². The molecule has 1 unspecified atom stereocenters. The highest BCUT2D eigenvalue weighted by molar-refractivity contribution is 7.89. The summed E-state index contributed by atoms with van der Waals surface area (Å²) in [5.41, 5.74) is 0.135. The second-order valence-electron chi connectivity index (χ2n) is 4.33. The summed E-state index contributed by atoms with van der Waals surface area (Å²) in [5.74, 6) is -1.41. The van der Waals surface area contributed by atoms with Crippen molar-refractivity contribution in [3.63, 3.8) is 0 Å². The van der Waals surface area contributed by atoms with Crippen molar-refractivity contribution in [1.82, 2.24) is 4.31 Å². The quantitative estimate of drug-likeness (QED) is 0.883. The van der Waals surface area contributed by atoms with Crippen molar-refractivity contribution in [2.24, 2.45) is 0 Å². The van der Waals surface area contributed by atoms with E-state index >= 15 is 0 Å². The second kappa shape index (κ2) is 4.75. The number of sulfonamides is 1. The number of aliphatic carboxylic acids is 1. The molecule has 1 heterocycles. The number of Topliss-reactive ketones (excluding diaryl/α,β-unsaturated/α-hetero) is 1. The van der Waals surface area contributed by atoms with Crippen LogP contribution in [0, 0.1) is 0 Å². The summed E-state index contributed by atoms with van der Waals surface area (Å²) in [5, 5.41) is 8.66. The second-order valence-corrected chi connectivity index (χ2v) is 6.30. The maximum atomic E-state index is 12.2. The van der Waals surface area contributed by atoms with Gasteiger partial charge in [0.25, 0.3) is 0 Å². The van der Waals surface area contributed by atoms with Gasteiger partial charge in [-0.25, -0.2) is 8.42 Å². The summed E-state index contributed by atoms with van der Waals surface area (Å²) in [7, 11) is -2.43. The smallest absolute Gasteiger partial charge is 0.303 e. The highest BCUT2D eigenvalue weighted by Gasteiger charge is 2.41. The SMILES string of the molecule is CN1C(CCC(=O)O)C(=O)c2ccccc2S1(=O)=O. The van der Waals surface area contributed by atoms with Crippen LogP contribution in [0.2, 0.25) is 0 Å².